The molecule has 1 unspecified atom stereocenters. The number of methoxy groups -OCH3 is 1. The molecule has 0 saturated heterocycles. The Morgan fingerprint density at radius 3 is 2.82 bits per heavy atom. The second-order valence-electron chi connectivity index (χ2n) is 6.60. The molecule has 0 bridgehead atoms. The van der Waals surface area contributed by atoms with E-state index in [9.17, 15) is 5.11 Å². The van der Waals surface area contributed by atoms with Gasteiger partial charge in [0.25, 0.3) is 0 Å². The monoisotopic (exact) mass is 302 g/mol. The Kier molecular flexibility index (Phi) is 3.87. The summed E-state index contributed by atoms with van der Waals surface area (Å²) < 4.78 is 17.0. The average molecular weight is 302 g/mol. The first-order valence-electron chi connectivity index (χ1n) is 7.53. The molecule has 4 nitrogen and oxygen atoms in total. The molecule has 2 aromatic rings. The molecule has 1 aliphatic rings. The second-order valence-corrected chi connectivity index (χ2v) is 6.60. The van der Waals surface area contributed by atoms with E-state index in [1.807, 2.05) is 24.3 Å². The van der Waals surface area contributed by atoms with Gasteiger partial charge in [-0.3, -0.25) is 0 Å². The zero-order valence-corrected chi connectivity index (χ0v) is 13.3. The number of benzene rings is 1. The highest BCUT2D eigenvalue weighted by Crippen LogP contribution is 2.44. The molecular formula is C18H22O4. The number of hydrogen-bond acceptors (Lipinski definition) is 4. The van der Waals surface area contributed by atoms with Gasteiger partial charge < -0.3 is 19.0 Å². The Morgan fingerprint density at radius 1 is 1.36 bits per heavy atom. The lowest BCUT2D eigenvalue weighted by molar-refractivity contribution is 0.161. The number of aliphatic hydroxyl groups is 1. The summed E-state index contributed by atoms with van der Waals surface area (Å²) in [6.45, 7) is 5.04. The standard InChI is InChI=1S/C18H22O4/c1-18(2)9-12(10-19)13-7-16(20-3)14(8-17(13)22-11-18)15-5-4-6-21-15/h4-8,12,19H,9-11H2,1-3H3. The molecule has 0 amide bonds. The van der Waals surface area contributed by atoms with Crippen molar-refractivity contribution in [3.8, 4) is 22.8 Å². The van der Waals surface area contributed by atoms with Crippen LogP contribution in [-0.2, 0) is 0 Å². The fourth-order valence-corrected chi connectivity index (χ4v) is 3.08. The number of furan rings is 1. The maximum atomic E-state index is 9.80. The summed E-state index contributed by atoms with van der Waals surface area (Å²) in [7, 11) is 1.64. The van der Waals surface area contributed by atoms with E-state index in [1.54, 1.807) is 13.4 Å². The molecule has 1 aliphatic heterocycles. The summed E-state index contributed by atoms with van der Waals surface area (Å²) in [6, 6.07) is 7.67. The van der Waals surface area contributed by atoms with Crippen molar-refractivity contribution in [1.29, 1.82) is 0 Å². The fourth-order valence-electron chi connectivity index (χ4n) is 3.08. The summed E-state index contributed by atoms with van der Waals surface area (Å²) in [5, 5.41) is 9.80. The van der Waals surface area contributed by atoms with Crippen LogP contribution in [0, 0.1) is 5.41 Å². The number of ether oxygens (including phenoxy) is 2. The molecule has 0 spiro atoms. The van der Waals surface area contributed by atoms with Crippen molar-refractivity contribution in [3.05, 3.63) is 36.1 Å². The molecule has 4 heteroatoms. The van der Waals surface area contributed by atoms with E-state index >= 15 is 0 Å². The van der Waals surface area contributed by atoms with Crippen molar-refractivity contribution >= 4 is 0 Å². The van der Waals surface area contributed by atoms with Crippen LogP contribution in [0.2, 0.25) is 0 Å². The molecule has 0 fully saturated rings. The molecule has 1 N–H and O–H groups in total. The fraction of sp³-hybridized carbons (Fsp3) is 0.444. The quantitative estimate of drug-likeness (QED) is 0.936. The van der Waals surface area contributed by atoms with Gasteiger partial charge in [0.1, 0.15) is 17.3 Å². The summed E-state index contributed by atoms with van der Waals surface area (Å²) >= 11 is 0. The minimum atomic E-state index is 0.0184. The Hall–Kier alpha value is -1.94. The minimum Gasteiger partial charge on any atom is -0.496 e. The van der Waals surface area contributed by atoms with Crippen molar-refractivity contribution in [1.82, 2.24) is 0 Å². The van der Waals surface area contributed by atoms with Crippen LogP contribution in [0.15, 0.2) is 34.9 Å². The average Bonchev–Trinajstić information content (AvgIpc) is 3.00. The third-order valence-electron chi connectivity index (χ3n) is 4.20. The lowest BCUT2D eigenvalue weighted by Crippen LogP contribution is -2.22. The van der Waals surface area contributed by atoms with Crippen molar-refractivity contribution < 1.29 is 19.0 Å². The Balaban J connectivity index is 2.12. The van der Waals surface area contributed by atoms with Gasteiger partial charge in [-0.15, -0.1) is 0 Å². The summed E-state index contributed by atoms with van der Waals surface area (Å²) in [6.07, 6.45) is 2.51. The third-order valence-corrected chi connectivity index (χ3v) is 4.20. The maximum absolute atomic E-state index is 9.80. The van der Waals surface area contributed by atoms with Gasteiger partial charge >= 0.3 is 0 Å². The third kappa shape index (κ3) is 2.71. The van der Waals surface area contributed by atoms with Gasteiger partial charge in [-0.1, -0.05) is 13.8 Å². The lowest BCUT2D eigenvalue weighted by atomic mass is 9.81. The molecule has 1 aromatic carbocycles. The van der Waals surface area contributed by atoms with E-state index in [-0.39, 0.29) is 17.9 Å². The SMILES string of the molecule is COc1cc2c(cc1-c1ccco1)OCC(C)(C)CC2CO. The van der Waals surface area contributed by atoms with E-state index in [2.05, 4.69) is 13.8 Å². The maximum Gasteiger partial charge on any atom is 0.137 e. The highest BCUT2D eigenvalue weighted by molar-refractivity contribution is 5.69. The van der Waals surface area contributed by atoms with Crippen LogP contribution in [-0.4, -0.2) is 25.4 Å². The molecule has 22 heavy (non-hydrogen) atoms. The molecule has 0 aliphatic carbocycles. The summed E-state index contributed by atoms with van der Waals surface area (Å²) in [4.78, 5) is 0. The van der Waals surface area contributed by atoms with Gasteiger partial charge in [0.2, 0.25) is 0 Å². The van der Waals surface area contributed by atoms with E-state index < -0.39 is 0 Å². The highest BCUT2D eigenvalue weighted by atomic mass is 16.5. The van der Waals surface area contributed by atoms with Gasteiger partial charge in [-0.25, -0.2) is 0 Å². The molecular weight excluding hydrogens is 280 g/mol. The first-order chi connectivity index (χ1) is 10.5. The zero-order chi connectivity index (χ0) is 15.7. The first kappa shape index (κ1) is 15.0. The van der Waals surface area contributed by atoms with E-state index in [0.717, 1.165) is 34.8 Å². The van der Waals surface area contributed by atoms with Crippen molar-refractivity contribution in [2.45, 2.75) is 26.2 Å². The van der Waals surface area contributed by atoms with Crippen LogP contribution < -0.4 is 9.47 Å². The van der Waals surface area contributed by atoms with Gasteiger partial charge in [0.15, 0.2) is 0 Å². The predicted molar refractivity (Wildman–Crippen MR) is 84.4 cm³/mol. The molecule has 2 heterocycles. The smallest absolute Gasteiger partial charge is 0.137 e. The molecule has 0 radical (unpaired) electrons. The van der Waals surface area contributed by atoms with Crippen molar-refractivity contribution in [2.75, 3.05) is 20.3 Å². The number of rotatable bonds is 3. The van der Waals surface area contributed by atoms with Crippen LogP contribution in [0.4, 0.5) is 0 Å². The normalized spacial score (nSPS) is 19.9. The van der Waals surface area contributed by atoms with Gasteiger partial charge in [0, 0.05) is 11.5 Å². The predicted octanol–water partition coefficient (Wildman–Crippen LogP) is 3.84. The number of hydrogen-bond donors (Lipinski definition) is 1. The van der Waals surface area contributed by atoms with Crippen molar-refractivity contribution in [2.24, 2.45) is 5.41 Å². The molecule has 3 rings (SSSR count). The number of fused-ring (bicyclic) bond motifs is 1. The highest BCUT2D eigenvalue weighted by Gasteiger charge is 2.31. The first-order valence-corrected chi connectivity index (χ1v) is 7.53. The zero-order valence-electron chi connectivity index (χ0n) is 13.3. The van der Waals surface area contributed by atoms with Crippen LogP contribution >= 0.6 is 0 Å². The molecule has 1 atom stereocenters. The van der Waals surface area contributed by atoms with Gasteiger partial charge in [0.05, 0.1) is 32.2 Å². The minimum absolute atomic E-state index is 0.0184. The number of aliphatic hydroxyl groups excluding tert-OH is 1. The summed E-state index contributed by atoms with van der Waals surface area (Å²) in [5.74, 6) is 2.33. The van der Waals surface area contributed by atoms with Gasteiger partial charge in [-0.2, -0.15) is 0 Å². The van der Waals surface area contributed by atoms with E-state index in [0.29, 0.717) is 6.61 Å². The van der Waals surface area contributed by atoms with E-state index in [1.165, 1.54) is 0 Å². The second kappa shape index (κ2) is 5.69. The largest absolute Gasteiger partial charge is 0.496 e. The molecule has 1 aromatic heterocycles. The molecule has 118 valence electrons. The molecule has 0 saturated carbocycles. The van der Waals surface area contributed by atoms with Crippen LogP contribution in [0.5, 0.6) is 11.5 Å². The van der Waals surface area contributed by atoms with Gasteiger partial charge in [-0.05, 0) is 36.1 Å². The van der Waals surface area contributed by atoms with Crippen molar-refractivity contribution in [3.63, 3.8) is 0 Å². The van der Waals surface area contributed by atoms with Crippen LogP contribution in [0.3, 0.4) is 0 Å². The Bertz CT molecular complexity index is 643. The Morgan fingerprint density at radius 2 is 2.18 bits per heavy atom. The lowest BCUT2D eigenvalue weighted by Gasteiger charge is -2.24. The Labute approximate surface area is 130 Å². The topological polar surface area (TPSA) is 51.8 Å². The summed E-state index contributed by atoms with van der Waals surface area (Å²) in [5.41, 5.74) is 1.88. The van der Waals surface area contributed by atoms with Crippen LogP contribution in [0.1, 0.15) is 31.7 Å². The van der Waals surface area contributed by atoms with Crippen LogP contribution in [0.25, 0.3) is 11.3 Å². The van der Waals surface area contributed by atoms with E-state index in [4.69, 9.17) is 13.9 Å².